The number of ether oxygens (including phenoxy) is 1. The second kappa shape index (κ2) is 9.71. The summed E-state index contributed by atoms with van der Waals surface area (Å²) in [5, 5.41) is 5.77. The van der Waals surface area contributed by atoms with Crippen molar-refractivity contribution in [2.24, 2.45) is 0 Å². The van der Waals surface area contributed by atoms with Gasteiger partial charge < -0.3 is 15.4 Å². The summed E-state index contributed by atoms with van der Waals surface area (Å²) < 4.78 is 6.78. The Hall–Kier alpha value is -2.64. The first-order valence-electron chi connectivity index (χ1n) is 8.73. The van der Waals surface area contributed by atoms with E-state index in [0.29, 0.717) is 16.9 Å². The Balaban J connectivity index is 1.86. The maximum absolute atomic E-state index is 12.8. The Kier molecular flexibility index (Phi) is 7.06. The minimum absolute atomic E-state index is 0.304. The predicted molar refractivity (Wildman–Crippen MR) is 119 cm³/mol. The Labute approximate surface area is 185 Å². The number of carbonyl (C=O) groups excluding carboxylic acids is 2. The monoisotopic (exact) mass is 516 g/mol. The van der Waals surface area contributed by atoms with Crippen LogP contribution in [0.5, 0.6) is 5.75 Å². The van der Waals surface area contributed by atoms with Gasteiger partial charge in [-0.25, -0.2) is 0 Å². The Morgan fingerprint density at radius 3 is 1.69 bits per heavy atom. The molecule has 0 saturated carbocycles. The van der Waals surface area contributed by atoms with E-state index in [4.69, 9.17) is 4.74 Å². The third-order valence-electron chi connectivity index (χ3n) is 4.17. The Bertz CT molecular complexity index is 963. The van der Waals surface area contributed by atoms with Gasteiger partial charge in [0.25, 0.3) is 11.8 Å². The highest BCUT2D eigenvalue weighted by Crippen LogP contribution is 2.19. The molecule has 3 rings (SSSR count). The van der Waals surface area contributed by atoms with Crippen LogP contribution in [0.1, 0.15) is 32.4 Å². The molecule has 0 saturated heterocycles. The van der Waals surface area contributed by atoms with Crippen LogP contribution in [0.15, 0.2) is 81.7 Å². The second-order valence-corrected chi connectivity index (χ2v) is 8.01. The lowest BCUT2D eigenvalue weighted by atomic mass is 10.1. The van der Waals surface area contributed by atoms with Crippen molar-refractivity contribution < 1.29 is 14.3 Å². The first kappa shape index (κ1) is 21.1. The number of halogens is 2. The molecule has 148 valence electrons. The quantitative estimate of drug-likeness (QED) is 0.448. The zero-order valence-corrected chi connectivity index (χ0v) is 18.7. The van der Waals surface area contributed by atoms with Crippen LogP contribution in [-0.2, 0) is 0 Å². The molecule has 0 unspecified atom stereocenters. The predicted octanol–water partition coefficient (Wildman–Crippen LogP) is 5.08. The number of hydrogen-bond donors (Lipinski definition) is 2. The van der Waals surface area contributed by atoms with E-state index in [-0.39, 0.29) is 11.8 Å². The van der Waals surface area contributed by atoms with Crippen LogP contribution >= 0.6 is 31.9 Å². The van der Waals surface area contributed by atoms with Crippen molar-refractivity contribution in [3.8, 4) is 5.75 Å². The molecule has 0 aliphatic carbocycles. The van der Waals surface area contributed by atoms with E-state index in [2.05, 4.69) is 42.5 Å². The maximum Gasteiger partial charge on any atom is 0.253 e. The molecular formula is C22H18Br2N2O3. The number of benzene rings is 3. The number of amides is 2. The van der Waals surface area contributed by atoms with E-state index >= 15 is 0 Å². The largest absolute Gasteiger partial charge is 0.497 e. The highest BCUT2D eigenvalue weighted by molar-refractivity contribution is 9.10. The third kappa shape index (κ3) is 5.68. The summed E-state index contributed by atoms with van der Waals surface area (Å²) in [6, 6.07) is 21.2. The van der Waals surface area contributed by atoms with Crippen LogP contribution in [-0.4, -0.2) is 18.9 Å². The molecule has 0 atom stereocenters. The standard InChI is InChI=1S/C22H18Br2N2O3/c1-29-19-10-8-14(9-11-19)20(25-21(27)15-4-2-6-17(23)12-15)26-22(28)16-5-3-7-18(24)13-16/h2-13,20H,1H3,(H,25,27)(H,26,28). The Morgan fingerprint density at radius 2 is 1.28 bits per heavy atom. The summed E-state index contributed by atoms with van der Waals surface area (Å²) in [4.78, 5) is 25.5. The van der Waals surface area contributed by atoms with Gasteiger partial charge in [0, 0.05) is 20.1 Å². The smallest absolute Gasteiger partial charge is 0.253 e. The second-order valence-electron chi connectivity index (χ2n) is 6.17. The van der Waals surface area contributed by atoms with Crippen LogP contribution < -0.4 is 15.4 Å². The summed E-state index contributed by atoms with van der Waals surface area (Å²) in [6.07, 6.45) is -0.723. The number of rotatable bonds is 6. The van der Waals surface area contributed by atoms with E-state index in [1.165, 1.54) is 0 Å². The number of nitrogens with one attached hydrogen (secondary N) is 2. The van der Waals surface area contributed by atoms with Crippen molar-refractivity contribution in [3.63, 3.8) is 0 Å². The summed E-state index contributed by atoms with van der Waals surface area (Å²) in [6.45, 7) is 0. The molecule has 0 aromatic heterocycles. The van der Waals surface area contributed by atoms with Crippen LogP contribution in [0.25, 0.3) is 0 Å². The van der Waals surface area contributed by atoms with E-state index in [0.717, 1.165) is 14.5 Å². The third-order valence-corrected chi connectivity index (χ3v) is 5.16. The topological polar surface area (TPSA) is 67.4 Å². The minimum Gasteiger partial charge on any atom is -0.497 e. The number of hydrogen-bond acceptors (Lipinski definition) is 3. The molecule has 0 spiro atoms. The first-order chi connectivity index (χ1) is 14.0. The van der Waals surface area contributed by atoms with Gasteiger partial charge in [-0.15, -0.1) is 0 Å². The Morgan fingerprint density at radius 1 is 0.793 bits per heavy atom. The molecule has 0 bridgehead atoms. The summed E-state index contributed by atoms with van der Waals surface area (Å²) >= 11 is 6.73. The lowest BCUT2D eigenvalue weighted by molar-refractivity contribution is 0.0883. The van der Waals surface area contributed by atoms with Crippen molar-refractivity contribution >= 4 is 43.7 Å². The fraction of sp³-hybridized carbons (Fsp3) is 0.0909. The summed E-state index contributed by atoms with van der Waals surface area (Å²) in [5.41, 5.74) is 1.68. The number of methoxy groups -OCH3 is 1. The molecule has 2 amide bonds. The average molecular weight is 518 g/mol. The molecule has 7 heteroatoms. The van der Waals surface area contributed by atoms with Crippen molar-refractivity contribution in [3.05, 3.63) is 98.4 Å². The van der Waals surface area contributed by atoms with Crippen LogP contribution in [0.4, 0.5) is 0 Å². The zero-order valence-electron chi connectivity index (χ0n) is 15.5. The van der Waals surface area contributed by atoms with Gasteiger partial charge in [0.15, 0.2) is 0 Å². The van der Waals surface area contributed by atoms with Crippen molar-refractivity contribution in [2.75, 3.05) is 7.11 Å². The molecular weight excluding hydrogens is 500 g/mol. The van der Waals surface area contributed by atoms with Crippen molar-refractivity contribution in [1.29, 1.82) is 0 Å². The minimum atomic E-state index is -0.723. The first-order valence-corrected chi connectivity index (χ1v) is 10.3. The van der Waals surface area contributed by atoms with Gasteiger partial charge in [-0.2, -0.15) is 0 Å². The van der Waals surface area contributed by atoms with Crippen molar-refractivity contribution in [1.82, 2.24) is 10.6 Å². The average Bonchev–Trinajstić information content (AvgIpc) is 2.73. The maximum atomic E-state index is 12.8. The molecule has 0 radical (unpaired) electrons. The SMILES string of the molecule is COc1ccc(C(NC(=O)c2cccc(Br)c2)NC(=O)c2cccc(Br)c2)cc1. The summed E-state index contributed by atoms with van der Waals surface area (Å²) in [7, 11) is 1.58. The van der Waals surface area contributed by atoms with Gasteiger partial charge >= 0.3 is 0 Å². The van der Waals surface area contributed by atoms with E-state index in [1.54, 1.807) is 67.8 Å². The molecule has 0 aliphatic rings. The molecule has 3 aromatic carbocycles. The molecule has 5 nitrogen and oxygen atoms in total. The van der Waals surface area contributed by atoms with Gasteiger partial charge in [-0.1, -0.05) is 56.1 Å². The van der Waals surface area contributed by atoms with E-state index in [9.17, 15) is 9.59 Å². The van der Waals surface area contributed by atoms with Gasteiger partial charge in [0.2, 0.25) is 0 Å². The molecule has 3 aromatic rings. The van der Waals surface area contributed by atoms with E-state index < -0.39 is 6.17 Å². The van der Waals surface area contributed by atoms with Crippen LogP contribution in [0.3, 0.4) is 0 Å². The number of carbonyl (C=O) groups is 2. The zero-order chi connectivity index (χ0) is 20.8. The van der Waals surface area contributed by atoms with Gasteiger partial charge in [0.05, 0.1) is 7.11 Å². The normalized spacial score (nSPS) is 10.5. The molecule has 0 heterocycles. The fourth-order valence-electron chi connectivity index (χ4n) is 2.69. The van der Waals surface area contributed by atoms with Crippen LogP contribution in [0, 0.1) is 0 Å². The van der Waals surface area contributed by atoms with Crippen molar-refractivity contribution in [2.45, 2.75) is 6.17 Å². The lowest BCUT2D eigenvalue weighted by Gasteiger charge is -2.21. The van der Waals surface area contributed by atoms with Gasteiger partial charge in [0.1, 0.15) is 11.9 Å². The van der Waals surface area contributed by atoms with Gasteiger partial charge in [-0.05, 0) is 54.1 Å². The molecule has 0 fully saturated rings. The van der Waals surface area contributed by atoms with Gasteiger partial charge in [-0.3, -0.25) is 9.59 Å². The fourth-order valence-corrected chi connectivity index (χ4v) is 3.49. The van der Waals surface area contributed by atoms with Crippen LogP contribution in [0.2, 0.25) is 0 Å². The molecule has 0 aliphatic heterocycles. The highest BCUT2D eigenvalue weighted by Gasteiger charge is 2.19. The lowest BCUT2D eigenvalue weighted by Crippen LogP contribution is -2.41. The molecule has 29 heavy (non-hydrogen) atoms. The van der Waals surface area contributed by atoms with E-state index in [1.807, 2.05) is 12.1 Å². The molecule has 2 N–H and O–H groups in total. The summed E-state index contributed by atoms with van der Waals surface area (Å²) in [5.74, 6) is 0.0763. The highest BCUT2D eigenvalue weighted by atomic mass is 79.9.